The first-order valence-corrected chi connectivity index (χ1v) is 7.31. The zero-order valence-corrected chi connectivity index (χ0v) is 11.0. The highest BCUT2D eigenvalue weighted by Crippen LogP contribution is 2.40. The molecule has 1 aromatic rings. The first kappa shape index (κ1) is 11.8. The van der Waals surface area contributed by atoms with Crippen LogP contribution < -0.4 is 0 Å². The summed E-state index contributed by atoms with van der Waals surface area (Å²) in [6.07, 6.45) is 2.15. The summed E-state index contributed by atoms with van der Waals surface area (Å²) in [4.78, 5) is 0. The molecule has 0 bridgehead atoms. The maximum atomic E-state index is 5.57. The summed E-state index contributed by atoms with van der Waals surface area (Å²) in [6, 6.07) is 8.48. The van der Waals surface area contributed by atoms with Crippen LogP contribution in [0.2, 0.25) is 0 Å². The summed E-state index contributed by atoms with van der Waals surface area (Å²) >= 11 is 0. The largest absolute Gasteiger partial charge is 0.508 e. The van der Waals surface area contributed by atoms with E-state index in [4.69, 9.17) is 13.3 Å². The molecule has 1 aliphatic rings. The van der Waals surface area contributed by atoms with E-state index in [2.05, 4.69) is 24.3 Å². The van der Waals surface area contributed by atoms with E-state index in [0.717, 1.165) is 12.8 Å². The van der Waals surface area contributed by atoms with Gasteiger partial charge in [-0.3, -0.25) is 0 Å². The standard InChI is InChI=1S/C12H18O3Si/c1-13-16(14-2,15-3)12-9-8-10-6-4-5-7-11(10)12/h4-7,12H,8-9H2,1-3H3. The number of benzene rings is 1. The van der Waals surface area contributed by atoms with Gasteiger partial charge in [0.05, 0.1) is 5.54 Å². The van der Waals surface area contributed by atoms with Gasteiger partial charge in [-0.15, -0.1) is 0 Å². The predicted molar refractivity (Wildman–Crippen MR) is 64.3 cm³/mol. The van der Waals surface area contributed by atoms with Crippen LogP contribution in [-0.2, 0) is 19.7 Å². The van der Waals surface area contributed by atoms with Crippen molar-refractivity contribution in [3.63, 3.8) is 0 Å². The molecule has 0 aromatic heterocycles. The van der Waals surface area contributed by atoms with E-state index >= 15 is 0 Å². The van der Waals surface area contributed by atoms with Crippen LogP contribution in [0.1, 0.15) is 23.1 Å². The maximum Gasteiger partial charge on any atom is 0.508 e. The second-order valence-electron chi connectivity index (χ2n) is 4.01. The third-order valence-electron chi connectivity index (χ3n) is 3.41. The Hall–Kier alpha value is -0.683. The Labute approximate surface area is 97.7 Å². The Morgan fingerprint density at radius 3 is 2.31 bits per heavy atom. The van der Waals surface area contributed by atoms with Crippen LogP contribution in [0.4, 0.5) is 0 Å². The van der Waals surface area contributed by atoms with E-state index in [1.165, 1.54) is 11.1 Å². The molecule has 2 rings (SSSR count). The van der Waals surface area contributed by atoms with E-state index in [0.29, 0.717) is 0 Å². The van der Waals surface area contributed by atoms with Crippen molar-refractivity contribution >= 4 is 8.80 Å². The molecule has 0 amide bonds. The highest BCUT2D eigenvalue weighted by molar-refractivity contribution is 6.62. The lowest BCUT2D eigenvalue weighted by Gasteiger charge is -2.30. The fourth-order valence-corrected chi connectivity index (χ4v) is 5.12. The highest BCUT2D eigenvalue weighted by Gasteiger charge is 2.50. The van der Waals surface area contributed by atoms with Gasteiger partial charge < -0.3 is 13.3 Å². The van der Waals surface area contributed by atoms with Gasteiger partial charge in [0.2, 0.25) is 0 Å². The first-order chi connectivity index (χ1) is 7.77. The van der Waals surface area contributed by atoms with Crippen molar-refractivity contribution in [3.8, 4) is 0 Å². The smallest absolute Gasteiger partial charge is 0.376 e. The van der Waals surface area contributed by atoms with E-state index < -0.39 is 8.80 Å². The average molecular weight is 238 g/mol. The van der Waals surface area contributed by atoms with Gasteiger partial charge >= 0.3 is 8.80 Å². The minimum absolute atomic E-state index is 0.281. The lowest BCUT2D eigenvalue weighted by molar-refractivity contribution is 0.112. The summed E-state index contributed by atoms with van der Waals surface area (Å²) in [6.45, 7) is 0. The molecule has 1 unspecified atom stereocenters. The van der Waals surface area contributed by atoms with E-state index in [9.17, 15) is 0 Å². The Morgan fingerprint density at radius 1 is 1.06 bits per heavy atom. The molecule has 0 saturated carbocycles. The molecule has 1 aliphatic carbocycles. The van der Waals surface area contributed by atoms with Crippen LogP contribution in [-0.4, -0.2) is 30.1 Å². The van der Waals surface area contributed by atoms with Gasteiger partial charge in [0.1, 0.15) is 0 Å². The maximum absolute atomic E-state index is 5.57. The molecule has 0 aliphatic heterocycles. The number of aryl methyl sites for hydroxylation is 1. The van der Waals surface area contributed by atoms with Crippen LogP contribution in [0.25, 0.3) is 0 Å². The molecular formula is C12H18O3Si. The van der Waals surface area contributed by atoms with Crippen molar-refractivity contribution < 1.29 is 13.3 Å². The quantitative estimate of drug-likeness (QED) is 0.752. The molecule has 1 atom stereocenters. The van der Waals surface area contributed by atoms with Gasteiger partial charge in [0.15, 0.2) is 0 Å². The zero-order valence-electron chi connectivity index (χ0n) is 10.0. The summed E-state index contributed by atoms with van der Waals surface area (Å²) in [5, 5.41) is 0. The molecule has 0 radical (unpaired) electrons. The van der Waals surface area contributed by atoms with Crippen LogP contribution in [0.5, 0.6) is 0 Å². The molecule has 0 heterocycles. The van der Waals surface area contributed by atoms with E-state index in [-0.39, 0.29) is 5.54 Å². The van der Waals surface area contributed by atoms with Gasteiger partial charge in [0.25, 0.3) is 0 Å². The molecule has 16 heavy (non-hydrogen) atoms. The van der Waals surface area contributed by atoms with Crippen LogP contribution >= 0.6 is 0 Å². The topological polar surface area (TPSA) is 27.7 Å². The molecule has 4 heteroatoms. The van der Waals surface area contributed by atoms with Crippen molar-refractivity contribution in [1.29, 1.82) is 0 Å². The number of fused-ring (bicyclic) bond motifs is 1. The minimum atomic E-state index is -2.54. The number of rotatable bonds is 4. The molecule has 88 valence electrons. The normalized spacial score (nSPS) is 19.8. The number of hydrogen-bond acceptors (Lipinski definition) is 3. The van der Waals surface area contributed by atoms with Crippen molar-refractivity contribution in [1.82, 2.24) is 0 Å². The summed E-state index contributed by atoms with van der Waals surface area (Å²) in [7, 11) is 2.51. The van der Waals surface area contributed by atoms with E-state index in [1.807, 2.05) is 0 Å². The average Bonchev–Trinajstić information content (AvgIpc) is 2.77. The molecule has 1 aromatic carbocycles. The van der Waals surface area contributed by atoms with Crippen LogP contribution in [0.3, 0.4) is 0 Å². The summed E-state index contributed by atoms with van der Waals surface area (Å²) in [5.41, 5.74) is 3.01. The lowest BCUT2D eigenvalue weighted by Crippen LogP contribution is -2.48. The monoisotopic (exact) mass is 238 g/mol. The van der Waals surface area contributed by atoms with Gasteiger partial charge in [-0.05, 0) is 24.0 Å². The Bertz CT molecular complexity index is 355. The van der Waals surface area contributed by atoms with Gasteiger partial charge in [-0.25, -0.2) is 0 Å². The van der Waals surface area contributed by atoms with Gasteiger partial charge in [0, 0.05) is 21.3 Å². The second-order valence-corrected chi connectivity index (χ2v) is 7.13. The molecule has 0 fully saturated rings. The third-order valence-corrected chi connectivity index (χ3v) is 6.57. The minimum Gasteiger partial charge on any atom is -0.376 e. The lowest BCUT2D eigenvalue weighted by atomic mass is 10.1. The first-order valence-electron chi connectivity index (χ1n) is 5.50. The van der Waals surface area contributed by atoms with Gasteiger partial charge in [-0.1, -0.05) is 24.3 Å². The number of hydrogen-bond donors (Lipinski definition) is 0. The fraction of sp³-hybridized carbons (Fsp3) is 0.500. The summed E-state index contributed by atoms with van der Waals surface area (Å²) < 4.78 is 16.7. The van der Waals surface area contributed by atoms with Crippen molar-refractivity contribution in [2.24, 2.45) is 0 Å². The van der Waals surface area contributed by atoms with Crippen LogP contribution in [0.15, 0.2) is 24.3 Å². The fourth-order valence-electron chi connectivity index (χ4n) is 2.60. The SMILES string of the molecule is CO[Si](OC)(OC)C1CCc2ccccc21. The Morgan fingerprint density at radius 2 is 1.69 bits per heavy atom. The van der Waals surface area contributed by atoms with Gasteiger partial charge in [-0.2, -0.15) is 0 Å². The second kappa shape index (κ2) is 4.67. The molecule has 0 saturated heterocycles. The molecular weight excluding hydrogens is 220 g/mol. The third kappa shape index (κ3) is 1.72. The van der Waals surface area contributed by atoms with Crippen molar-refractivity contribution in [2.75, 3.05) is 21.3 Å². The molecule has 0 spiro atoms. The highest BCUT2D eigenvalue weighted by atomic mass is 28.4. The Kier molecular flexibility index (Phi) is 3.44. The van der Waals surface area contributed by atoms with E-state index in [1.54, 1.807) is 21.3 Å². The molecule has 3 nitrogen and oxygen atoms in total. The zero-order chi connectivity index (χ0) is 11.6. The van der Waals surface area contributed by atoms with Crippen molar-refractivity contribution in [2.45, 2.75) is 18.4 Å². The summed E-state index contributed by atoms with van der Waals surface area (Å²) in [5.74, 6) is 0. The van der Waals surface area contributed by atoms with Crippen LogP contribution in [0, 0.1) is 0 Å². The Balaban J connectivity index is 2.36. The van der Waals surface area contributed by atoms with Crippen molar-refractivity contribution in [3.05, 3.63) is 35.4 Å². The predicted octanol–water partition coefficient (Wildman–Crippen LogP) is 2.13. The molecule has 0 N–H and O–H groups in total.